The number of anilines is 1. The topological polar surface area (TPSA) is 125 Å². The SMILES string of the molecule is Cc1cccc([N+](=O)[O-])c1NC(=O)Cn1nc(-n2cccn2)ccc1=O. The van der Waals surface area contributed by atoms with Gasteiger partial charge in [0.25, 0.3) is 11.2 Å². The molecule has 0 atom stereocenters. The van der Waals surface area contributed by atoms with Crippen LogP contribution in [0.4, 0.5) is 11.4 Å². The van der Waals surface area contributed by atoms with Crippen molar-refractivity contribution in [2.75, 3.05) is 5.32 Å². The number of nitro benzene ring substituents is 1. The predicted octanol–water partition coefficient (Wildman–Crippen LogP) is 1.28. The number of hydrogen-bond donors (Lipinski definition) is 1. The van der Waals surface area contributed by atoms with Crippen molar-refractivity contribution in [3.63, 3.8) is 0 Å². The summed E-state index contributed by atoms with van der Waals surface area (Å²) in [6, 6.07) is 8.92. The minimum absolute atomic E-state index is 0.0961. The van der Waals surface area contributed by atoms with Gasteiger partial charge in [-0.05, 0) is 24.6 Å². The van der Waals surface area contributed by atoms with Gasteiger partial charge in [-0.25, -0.2) is 9.36 Å². The summed E-state index contributed by atoms with van der Waals surface area (Å²) in [6.07, 6.45) is 3.20. The molecule has 3 rings (SSSR count). The van der Waals surface area contributed by atoms with E-state index in [0.717, 1.165) is 4.68 Å². The van der Waals surface area contributed by atoms with E-state index in [1.165, 1.54) is 28.9 Å². The molecule has 1 N–H and O–H groups in total. The first-order chi connectivity index (χ1) is 12.5. The number of aromatic nitrogens is 4. The van der Waals surface area contributed by atoms with Crippen molar-refractivity contribution in [1.82, 2.24) is 19.6 Å². The quantitative estimate of drug-likeness (QED) is 0.543. The number of para-hydroxylation sites is 1. The number of rotatable bonds is 5. The molecule has 1 amide bonds. The lowest BCUT2D eigenvalue weighted by molar-refractivity contribution is -0.384. The van der Waals surface area contributed by atoms with Crippen LogP contribution in [0.15, 0.2) is 53.6 Å². The molecule has 0 unspecified atom stereocenters. The molecule has 0 aliphatic rings. The maximum atomic E-state index is 12.3. The van der Waals surface area contributed by atoms with Crippen LogP contribution in [0.5, 0.6) is 0 Å². The number of nitro groups is 1. The summed E-state index contributed by atoms with van der Waals surface area (Å²) in [6.45, 7) is 1.25. The fourth-order valence-electron chi connectivity index (χ4n) is 2.36. The molecule has 0 radical (unpaired) electrons. The normalized spacial score (nSPS) is 10.5. The predicted molar refractivity (Wildman–Crippen MR) is 92.1 cm³/mol. The van der Waals surface area contributed by atoms with Crippen molar-refractivity contribution < 1.29 is 9.72 Å². The molecule has 2 heterocycles. The summed E-state index contributed by atoms with van der Waals surface area (Å²) in [5, 5.41) is 21.7. The molecule has 0 aliphatic carbocycles. The Bertz CT molecular complexity index is 1030. The van der Waals surface area contributed by atoms with Gasteiger partial charge >= 0.3 is 0 Å². The van der Waals surface area contributed by atoms with E-state index in [-0.39, 0.29) is 17.9 Å². The number of carbonyl (C=O) groups is 1. The van der Waals surface area contributed by atoms with Crippen molar-refractivity contribution in [3.8, 4) is 5.82 Å². The van der Waals surface area contributed by atoms with Crippen LogP contribution in [0, 0.1) is 17.0 Å². The van der Waals surface area contributed by atoms with E-state index in [2.05, 4.69) is 15.5 Å². The molecule has 0 bridgehead atoms. The smallest absolute Gasteiger partial charge is 0.293 e. The van der Waals surface area contributed by atoms with Crippen LogP contribution in [0.3, 0.4) is 0 Å². The molecule has 0 spiro atoms. The third-order valence-electron chi connectivity index (χ3n) is 3.60. The minimum Gasteiger partial charge on any atom is -0.319 e. The van der Waals surface area contributed by atoms with Crippen LogP contribution >= 0.6 is 0 Å². The number of nitrogens with zero attached hydrogens (tertiary/aromatic N) is 5. The molecule has 0 saturated carbocycles. The first-order valence-corrected chi connectivity index (χ1v) is 7.58. The molecule has 132 valence electrons. The van der Waals surface area contributed by atoms with Gasteiger partial charge in [-0.3, -0.25) is 19.7 Å². The lowest BCUT2D eigenvalue weighted by Crippen LogP contribution is -2.30. The molecular weight excluding hydrogens is 340 g/mol. The van der Waals surface area contributed by atoms with Crippen molar-refractivity contribution >= 4 is 17.3 Å². The van der Waals surface area contributed by atoms with Gasteiger partial charge in [0.05, 0.1) is 4.92 Å². The van der Waals surface area contributed by atoms with Crippen molar-refractivity contribution in [2.45, 2.75) is 13.5 Å². The molecule has 1 aromatic carbocycles. The van der Waals surface area contributed by atoms with E-state index in [0.29, 0.717) is 11.4 Å². The summed E-state index contributed by atoms with van der Waals surface area (Å²) >= 11 is 0. The van der Waals surface area contributed by atoms with E-state index in [1.54, 1.807) is 31.5 Å². The number of carbonyl (C=O) groups excluding carboxylic acids is 1. The summed E-state index contributed by atoms with van der Waals surface area (Å²) in [7, 11) is 0. The van der Waals surface area contributed by atoms with E-state index in [4.69, 9.17) is 0 Å². The number of benzene rings is 1. The van der Waals surface area contributed by atoms with Gasteiger partial charge in [0, 0.05) is 24.5 Å². The Balaban J connectivity index is 1.85. The molecule has 2 aromatic heterocycles. The van der Waals surface area contributed by atoms with Crippen LogP contribution in [0.25, 0.3) is 5.82 Å². The molecule has 0 saturated heterocycles. The summed E-state index contributed by atoms with van der Waals surface area (Å²) < 4.78 is 2.41. The van der Waals surface area contributed by atoms with Gasteiger partial charge < -0.3 is 5.32 Å². The van der Waals surface area contributed by atoms with Crippen LogP contribution in [0.1, 0.15) is 5.56 Å². The highest BCUT2D eigenvalue weighted by Crippen LogP contribution is 2.27. The monoisotopic (exact) mass is 354 g/mol. The maximum absolute atomic E-state index is 12.3. The molecule has 0 aliphatic heterocycles. The second-order valence-corrected chi connectivity index (χ2v) is 5.41. The summed E-state index contributed by atoms with van der Waals surface area (Å²) in [5.74, 6) is -0.237. The highest BCUT2D eigenvalue weighted by Gasteiger charge is 2.18. The standard InChI is InChI=1S/C16H14N6O4/c1-11-4-2-5-12(22(25)26)16(11)18-14(23)10-21-15(24)7-6-13(19-21)20-9-3-8-17-20/h2-9H,10H2,1H3,(H,18,23). The molecule has 0 fully saturated rings. The molecular formula is C16H14N6O4. The second-order valence-electron chi connectivity index (χ2n) is 5.41. The number of amides is 1. The van der Waals surface area contributed by atoms with Crippen LogP contribution in [0.2, 0.25) is 0 Å². The summed E-state index contributed by atoms with van der Waals surface area (Å²) in [5.41, 5.74) is -0.0591. The van der Waals surface area contributed by atoms with Gasteiger partial charge in [0.15, 0.2) is 5.82 Å². The lowest BCUT2D eigenvalue weighted by atomic mass is 10.1. The van der Waals surface area contributed by atoms with E-state index in [1.807, 2.05) is 0 Å². The van der Waals surface area contributed by atoms with E-state index in [9.17, 15) is 19.7 Å². The third kappa shape index (κ3) is 3.48. The minimum atomic E-state index is -0.602. The number of aryl methyl sites for hydroxylation is 1. The van der Waals surface area contributed by atoms with E-state index >= 15 is 0 Å². The molecule has 3 aromatic rings. The molecule has 10 heteroatoms. The van der Waals surface area contributed by atoms with Gasteiger partial charge in [0.1, 0.15) is 12.2 Å². The Morgan fingerprint density at radius 3 is 2.77 bits per heavy atom. The largest absolute Gasteiger partial charge is 0.319 e. The Hall–Kier alpha value is -3.82. The summed E-state index contributed by atoms with van der Waals surface area (Å²) in [4.78, 5) is 34.8. The Kier molecular flexibility index (Phi) is 4.56. The van der Waals surface area contributed by atoms with Gasteiger partial charge in [-0.2, -0.15) is 5.10 Å². The first-order valence-electron chi connectivity index (χ1n) is 7.58. The Morgan fingerprint density at radius 2 is 2.08 bits per heavy atom. The van der Waals surface area contributed by atoms with Crippen LogP contribution in [-0.4, -0.2) is 30.4 Å². The van der Waals surface area contributed by atoms with Crippen LogP contribution < -0.4 is 10.9 Å². The Labute approximate surface area is 146 Å². The Morgan fingerprint density at radius 1 is 1.27 bits per heavy atom. The fourth-order valence-corrected chi connectivity index (χ4v) is 2.36. The zero-order valence-corrected chi connectivity index (χ0v) is 13.7. The van der Waals surface area contributed by atoms with Crippen molar-refractivity contribution in [2.24, 2.45) is 0 Å². The maximum Gasteiger partial charge on any atom is 0.293 e. The van der Waals surface area contributed by atoms with Gasteiger partial charge in [-0.15, -0.1) is 5.10 Å². The number of nitrogens with one attached hydrogen (secondary N) is 1. The van der Waals surface area contributed by atoms with E-state index < -0.39 is 16.4 Å². The van der Waals surface area contributed by atoms with Gasteiger partial charge in [0.2, 0.25) is 5.91 Å². The number of hydrogen-bond acceptors (Lipinski definition) is 6. The highest BCUT2D eigenvalue weighted by molar-refractivity contribution is 5.93. The molecule has 26 heavy (non-hydrogen) atoms. The zero-order chi connectivity index (χ0) is 18.7. The fraction of sp³-hybridized carbons (Fsp3) is 0.125. The van der Waals surface area contributed by atoms with Gasteiger partial charge in [-0.1, -0.05) is 12.1 Å². The van der Waals surface area contributed by atoms with Crippen molar-refractivity contribution in [3.05, 3.63) is 74.8 Å². The van der Waals surface area contributed by atoms with Crippen LogP contribution in [-0.2, 0) is 11.3 Å². The second kappa shape index (κ2) is 6.97. The lowest BCUT2D eigenvalue weighted by Gasteiger charge is -2.10. The zero-order valence-electron chi connectivity index (χ0n) is 13.7. The average Bonchev–Trinajstić information content (AvgIpc) is 3.13. The first kappa shape index (κ1) is 17.0. The third-order valence-corrected chi connectivity index (χ3v) is 3.60. The highest BCUT2D eigenvalue weighted by atomic mass is 16.6. The average molecular weight is 354 g/mol. The molecule has 10 nitrogen and oxygen atoms in total. The van der Waals surface area contributed by atoms with Crippen molar-refractivity contribution in [1.29, 1.82) is 0 Å².